The first kappa shape index (κ1) is 107. The van der Waals surface area contributed by atoms with Crippen LogP contribution in [0.25, 0.3) is 0 Å². The molecule has 0 bridgehead atoms. The van der Waals surface area contributed by atoms with Gasteiger partial charge in [-0.3, -0.25) is 86.5 Å². The van der Waals surface area contributed by atoms with Crippen LogP contribution in [0.4, 0.5) is 0 Å². The molecule has 0 aliphatic carbocycles. The van der Waals surface area contributed by atoms with E-state index in [0.29, 0.717) is 37.3 Å². The Kier molecular flexibility index (Phi) is 52.1. The van der Waals surface area contributed by atoms with E-state index in [0.717, 1.165) is 18.2 Å². The second-order valence-electron chi connectivity index (χ2n) is 30.2. The van der Waals surface area contributed by atoms with Crippen LogP contribution in [-0.4, -0.2) is 297 Å². The van der Waals surface area contributed by atoms with Crippen LogP contribution >= 0.6 is 35.3 Å². The lowest BCUT2D eigenvalue weighted by molar-refractivity contribution is -0.144. The number of nitrogens with zero attached hydrogens (tertiary/aromatic N) is 2. The molecule has 26 N–H and O–H groups in total. The molecule has 2 fully saturated rings. The molecule has 0 saturated carbocycles. The number of hydrogen-bond acceptors (Lipinski definition) is 25. The van der Waals surface area contributed by atoms with E-state index in [4.69, 9.17) is 32.8 Å². The fourth-order valence-corrected chi connectivity index (χ4v) is 13.7. The summed E-state index contributed by atoms with van der Waals surface area (Å²) in [6.45, 7) is 15.2. The average Bonchev–Trinajstić information content (AvgIpc) is 1.62. The number of carbonyl (C=O) groups excluding carboxylic acids is 15. The summed E-state index contributed by atoms with van der Waals surface area (Å²) in [5.74, 6) is -14.8. The van der Waals surface area contributed by atoms with Gasteiger partial charge in [-0.05, 0) is 184 Å². The molecule has 41 nitrogen and oxygen atoms in total. The van der Waals surface area contributed by atoms with Crippen LogP contribution in [0.2, 0.25) is 0 Å². The largest absolute Gasteiger partial charge is 0.481 e. The van der Waals surface area contributed by atoms with Gasteiger partial charge in [-0.2, -0.15) is 35.3 Å². The van der Waals surface area contributed by atoms with E-state index in [9.17, 15) is 92.0 Å². The maximum Gasteiger partial charge on any atom is 0.325 e. The van der Waals surface area contributed by atoms with Crippen LogP contribution in [0, 0.1) is 17.8 Å². The molecule has 2 aliphatic rings. The molecule has 16 atom stereocenters. The van der Waals surface area contributed by atoms with Crippen molar-refractivity contribution in [3.05, 3.63) is 0 Å². The van der Waals surface area contributed by atoms with Crippen molar-refractivity contribution < 1.29 is 102 Å². The number of carbonyl (C=O) groups is 17. The summed E-state index contributed by atoms with van der Waals surface area (Å²) in [5.41, 5.74) is 22.3. The fourth-order valence-electron chi connectivity index (χ4n) is 12.2. The molecule has 0 aromatic rings. The van der Waals surface area contributed by atoms with Crippen molar-refractivity contribution in [1.29, 1.82) is 0 Å². The molecule has 672 valence electrons. The number of nitrogens with one attached hydrogen (secondary N) is 14. The predicted molar refractivity (Wildman–Crippen MR) is 446 cm³/mol. The minimum atomic E-state index is -1.71. The first-order valence-electron chi connectivity index (χ1n) is 39.7. The van der Waals surface area contributed by atoms with E-state index in [1.807, 2.05) is 0 Å². The Morgan fingerprint density at radius 1 is 0.466 bits per heavy atom. The van der Waals surface area contributed by atoms with Crippen molar-refractivity contribution in [1.82, 2.24) is 79.3 Å². The lowest BCUT2D eigenvalue weighted by atomic mass is 9.99. The Morgan fingerprint density at radius 2 is 0.873 bits per heavy atom. The van der Waals surface area contributed by atoms with Crippen molar-refractivity contribution in [3.8, 4) is 0 Å². The van der Waals surface area contributed by atoms with Crippen LogP contribution in [0.1, 0.15) is 172 Å². The topological polar surface area (TPSA) is 659 Å². The smallest absolute Gasteiger partial charge is 0.325 e. The molecule has 2 aliphatic heterocycles. The molecule has 2 rings (SSSR count). The molecule has 16 unspecified atom stereocenters. The van der Waals surface area contributed by atoms with Gasteiger partial charge in [0.1, 0.15) is 84.6 Å². The Bertz CT molecular complexity index is 3330. The predicted octanol–water partition coefficient (Wildman–Crippen LogP) is -4.92. The number of nitrogens with two attached hydrogens (primary N) is 4. The quantitative estimate of drug-likeness (QED) is 0.0154. The van der Waals surface area contributed by atoms with E-state index >= 15 is 0 Å². The number of likely N-dealkylation sites (tertiary alicyclic amines) is 1. The number of rotatable bonds is 55. The number of primary amides is 1. The van der Waals surface area contributed by atoms with E-state index in [-0.39, 0.29) is 120 Å². The summed E-state index contributed by atoms with van der Waals surface area (Å²) in [6.07, 6.45) is 5.47. The number of hydrogen-bond donors (Lipinski definition) is 22. The molecule has 2 heterocycles. The van der Waals surface area contributed by atoms with Crippen molar-refractivity contribution in [3.63, 3.8) is 0 Å². The lowest BCUT2D eigenvalue weighted by Gasteiger charge is -2.32. The van der Waals surface area contributed by atoms with Gasteiger partial charge < -0.3 is 123 Å². The first-order valence-corrected chi connectivity index (χ1v) is 43.9. The minimum Gasteiger partial charge on any atom is -0.481 e. The fraction of sp³-hybridized carbons (Fsp3) is 0.757. The highest BCUT2D eigenvalue weighted by Crippen LogP contribution is 2.22. The molecular weight excluding hydrogens is 1600 g/mol. The van der Waals surface area contributed by atoms with Crippen LogP contribution in [-0.2, 0) is 81.5 Å². The molecule has 0 spiro atoms. The SMILES string of the molecule is CC(=O)O.CSCCC(NC(=O)C(CCCN=C(N)N)NC(=O)C(CCSC)NC(=O)C(CCCCN)NC(=O)C(CO)NC(=O)C(NC(=O)C1CCCN1)C(C)C)C(=O)NC(C)C(=O)NC(C(=O)N1CCCC1C(=O)NC(CC(C)C)C(=O)NC(CC(C)C)C(=O)NC(CCSC)C(=O)NC(CCC(N)=O)C(=O)NC(C)C(=O)O)C(C)O. The molecule has 0 radical (unpaired) electrons. The molecular formula is C74H132N20O21S3. The summed E-state index contributed by atoms with van der Waals surface area (Å²) < 4.78 is 0. The van der Waals surface area contributed by atoms with Gasteiger partial charge in [-0.1, -0.05) is 41.5 Å². The maximum absolute atomic E-state index is 14.5. The normalized spacial score (nSPS) is 17.3. The first-order chi connectivity index (χ1) is 55.5. The van der Waals surface area contributed by atoms with E-state index in [1.165, 1.54) is 56.1 Å². The monoisotopic (exact) mass is 1730 g/mol. The third-order valence-electron chi connectivity index (χ3n) is 18.7. The van der Waals surface area contributed by atoms with Crippen molar-refractivity contribution in [2.24, 2.45) is 45.7 Å². The Balaban J connectivity index is 0.0000170. The number of carboxylic acids is 2. The van der Waals surface area contributed by atoms with Crippen molar-refractivity contribution in [2.45, 2.75) is 269 Å². The van der Waals surface area contributed by atoms with Gasteiger partial charge in [-0.15, -0.1) is 0 Å². The van der Waals surface area contributed by atoms with Crippen LogP contribution in [0.15, 0.2) is 4.99 Å². The number of aliphatic hydroxyl groups excluding tert-OH is 2. The third kappa shape index (κ3) is 41.2. The van der Waals surface area contributed by atoms with Gasteiger partial charge in [0.25, 0.3) is 5.97 Å². The standard InChI is InChI=1S/C72H128N20O19S3.C2H4O2/c1-37(2)34-50(65(104)86-49(26-33-114-12)64(103)83-46(22-23-54(74)95)59(98)80-41(8)71(110)111)87-66(105)51(35-38(3)4)88-68(107)53-21-17-30-92(53)70(109)56(42(9)94)91-57(96)40(7)79-60(99)47(24-31-112-10)84-62(101)45(20-16-29-78-72(75)76)81-63(102)48(25-32-113-11)85-61(100)44(18-13-14-27-73)82-67(106)52(36-93)89-69(108)55(39(5)6)90-58(97)43-19-15-28-77-43;1-2(3)4/h37-53,55-56,77,93-94H,13-36,73H2,1-12H3,(H2,74,95)(H,79,99)(H,80,98)(H,81,102)(H,82,106)(H,83,103)(H,84,101)(H,85,100)(H,86,104)(H,87,105)(H,88,107)(H,89,108)(H,90,97)(H,91,96)(H,110,111)(H4,75,76,78);1H3,(H,3,4). The number of aliphatic carboxylic acids is 2. The number of aliphatic hydroxyl groups is 2. The van der Waals surface area contributed by atoms with E-state index in [2.05, 4.69) is 79.4 Å². The summed E-state index contributed by atoms with van der Waals surface area (Å²) >= 11 is 3.99. The van der Waals surface area contributed by atoms with Gasteiger partial charge in [0.15, 0.2) is 5.96 Å². The van der Waals surface area contributed by atoms with E-state index < -0.39 is 210 Å². The van der Waals surface area contributed by atoms with Crippen LogP contribution in [0.5, 0.6) is 0 Å². The number of unbranched alkanes of at least 4 members (excludes halogenated alkanes) is 1. The Labute approximate surface area is 702 Å². The number of amides is 15. The zero-order valence-corrected chi connectivity index (χ0v) is 72.5. The average molecular weight is 1730 g/mol. The van der Waals surface area contributed by atoms with Crippen LogP contribution < -0.4 is 97.4 Å². The minimum absolute atomic E-state index is 0.00158. The number of thioether (sulfide) groups is 3. The lowest BCUT2D eigenvalue weighted by Crippen LogP contribution is -2.62. The molecule has 0 aromatic carbocycles. The van der Waals surface area contributed by atoms with Crippen LogP contribution in [0.3, 0.4) is 0 Å². The second-order valence-corrected chi connectivity index (χ2v) is 33.1. The zero-order chi connectivity index (χ0) is 89.6. The van der Waals surface area contributed by atoms with Gasteiger partial charge in [0.2, 0.25) is 88.6 Å². The highest BCUT2D eigenvalue weighted by Gasteiger charge is 2.43. The molecule has 44 heteroatoms. The Hall–Kier alpha value is -8.85. The van der Waals surface area contributed by atoms with Crippen molar-refractivity contribution >= 4 is 142 Å². The highest BCUT2D eigenvalue weighted by molar-refractivity contribution is 7.99. The third-order valence-corrected chi connectivity index (χ3v) is 20.6. The summed E-state index contributed by atoms with van der Waals surface area (Å²) in [7, 11) is 0. The zero-order valence-electron chi connectivity index (χ0n) is 70.1. The summed E-state index contributed by atoms with van der Waals surface area (Å²) in [5, 5.41) is 75.1. The van der Waals surface area contributed by atoms with Gasteiger partial charge >= 0.3 is 5.97 Å². The number of aliphatic imine (C=N–C) groups is 1. The number of carboxylic acid groups (broad SMARTS) is 2. The summed E-state index contributed by atoms with van der Waals surface area (Å²) in [4.78, 5) is 234. The molecule has 15 amide bonds. The second kappa shape index (κ2) is 57.3. The van der Waals surface area contributed by atoms with Gasteiger partial charge in [0.05, 0.1) is 18.8 Å². The van der Waals surface area contributed by atoms with Crippen molar-refractivity contribution in [2.75, 3.05) is 68.8 Å². The molecule has 118 heavy (non-hydrogen) atoms. The summed E-state index contributed by atoms with van der Waals surface area (Å²) in [6, 6.07) is -19.8. The number of guanidine groups is 1. The van der Waals surface area contributed by atoms with Gasteiger partial charge in [0, 0.05) is 26.4 Å². The molecule has 0 aromatic heterocycles. The van der Waals surface area contributed by atoms with E-state index in [1.54, 1.807) is 60.3 Å². The van der Waals surface area contributed by atoms with Gasteiger partial charge in [-0.25, -0.2) is 0 Å². The molecule has 2 saturated heterocycles. The Morgan fingerprint density at radius 3 is 1.27 bits per heavy atom. The maximum atomic E-state index is 14.5. The highest BCUT2D eigenvalue weighted by atomic mass is 32.2.